The van der Waals surface area contributed by atoms with Crippen LogP contribution in [0.5, 0.6) is 0 Å². The van der Waals surface area contributed by atoms with Crippen molar-refractivity contribution in [2.75, 3.05) is 24.5 Å². The second kappa shape index (κ2) is 4.37. The van der Waals surface area contributed by atoms with Crippen molar-refractivity contribution in [1.82, 2.24) is 9.97 Å². The monoisotopic (exact) mass is 192 g/mol. The summed E-state index contributed by atoms with van der Waals surface area (Å²) < 4.78 is 0. The first-order chi connectivity index (χ1) is 6.90. The van der Waals surface area contributed by atoms with E-state index in [4.69, 9.17) is 5.73 Å². The van der Waals surface area contributed by atoms with Crippen LogP contribution in [0.15, 0.2) is 18.5 Å². The lowest BCUT2D eigenvalue weighted by Crippen LogP contribution is -2.39. The summed E-state index contributed by atoms with van der Waals surface area (Å²) in [5.41, 5.74) is 5.68. The number of hydrogen-bond donors (Lipinski definition) is 1. The maximum absolute atomic E-state index is 5.68. The molecule has 1 atom stereocenters. The average Bonchev–Trinajstić information content (AvgIpc) is 2.30. The SMILES string of the molecule is NC[C@@H]1CCCN(c2ncccn2)C1. The quantitative estimate of drug-likeness (QED) is 0.747. The second-order valence-corrected chi connectivity index (χ2v) is 3.74. The lowest BCUT2D eigenvalue weighted by atomic mass is 9.99. The maximum Gasteiger partial charge on any atom is 0.225 e. The zero-order chi connectivity index (χ0) is 9.80. The molecule has 1 aliphatic heterocycles. The van der Waals surface area contributed by atoms with Crippen LogP contribution in [-0.4, -0.2) is 29.6 Å². The summed E-state index contributed by atoms with van der Waals surface area (Å²) in [7, 11) is 0. The molecule has 76 valence electrons. The minimum absolute atomic E-state index is 0.604. The first kappa shape index (κ1) is 9.40. The molecular formula is C10H16N4. The van der Waals surface area contributed by atoms with Gasteiger partial charge in [0.1, 0.15) is 0 Å². The third-order valence-corrected chi connectivity index (χ3v) is 2.69. The Morgan fingerprint density at radius 1 is 1.43 bits per heavy atom. The molecule has 2 heterocycles. The highest BCUT2D eigenvalue weighted by Gasteiger charge is 2.19. The number of nitrogens with zero attached hydrogens (tertiary/aromatic N) is 3. The van der Waals surface area contributed by atoms with Gasteiger partial charge in [0.25, 0.3) is 0 Å². The number of aromatic nitrogens is 2. The van der Waals surface area contributed by atoms with Crippen molar-refractivity contribution >= 4 is 5.95 Å². The van der Waals surface area contributed by atoms with Crippen molar-refractivity contribution in [2.24, 2.45) is 11.7 Å². The van der Waals surface area contributed by atoms with Crippen LogP contribution in [0.25, 0.3) is 0 Å². The average molecular weight is 192 g/mol. The fraction of sp³-hybridized carbons (Fsp3) is 0.600. The molecule has 2 N–H and O–H groups in total. The molecule has 1 aromatic rings. The minimum Gasteiger partial charge on any atom is -0.341 e. The summed E-state index contributed by atoms with van der Waals surface area (Å²) in [4.78, 5) is 10.7. The molecule has 0 aliphatic carbocycles. The number of rotatable bonds is 2. The van der Waals surface area contributed by atoms with Crippen LogP contribution in [0.4, 0.5) is 5.95 Å². The van der Waals surface area contributed by atoms with Gasteiger partial charge in [0.15, 0.2) is 0 Å². The topological polar surface area (TPSA) is 55.0 Å². The molecule has 2 rings (SSSR count). The van der Waals surface area contributed by atoms with Crippen LogP contribution < -0.4 is 10.6 Å². The van der Waals surface area contributed by atoms with Gasteiger partial charge in [-0.05, 0) is 31.4 Å². The lowest BCUT2D eigenvalue weighted by Gasteiger charge is -2.31. The summed E-state index contributed by atoms with van der Waals surface area (Å²) in [6.45, 7) is 2.82. The van der Waals surface area contributed by atoms with Crippen LogP contribution in [0.1, 0.15) is 12.8 Å². The Morgan fingerprint density at radius 3 is 2.93 bits per heavy atom. The molecule has 1 saturated heterocycles. The van der Waals surface area contributed by atoms with E-state index in [1.165, 1.54) is 12.8 Å². The largest absolute Gasteiger partial charge is 0.341 e. The molecule has 0 bridgehead atoms. The Kier molecular flexibility index (Phi) is 2.93. The summed E-state index contributed by atoms with van der Waals surface area (Å²) in [5.74, 6) is 1.44. The zero-order valence-electron chi connectivity index (χ0n) is 8.26. The van der Waals surface area contributed by atoms with Crippen molar-refractivity contribution in [3.05, 3.63) is 18.5 Å². The van der Waals surface area contributed by atoms with Gasteiger partial charge in [-0.1, -0.05) is 0 Å². The number of nitrogens with two attached hydrogens (primary N) is 1. The Labute approximate surface area is 84.2 Å². The van der Waals surface area contributed by atoms with E-state index in [2.05, 4.69) is 14.9 Å². The van der Waals surface area contributed by atoms with Crippen molar-refractivity contribution in [3.63, 3.8) is 0 Å². The van der Waals surface area contributed by atoms with Crippen molar-refractivity contribution in [1.29, 1.82) is 0 Å². The molecule has 1 aliphatic rings. The molecular weight excluding hydrogens is 176 g/mol. The van der Waals surface area contributed by atoms with E-state index in [9.17, 15) is 0 Å². The van der Waals surface area contributed by atoms with Crippen LogP contribution in [0, 0.1) is 5.92 Å². The number of anilines is 1. The van der Waals surface area contributed by atoms with Crippen LogP contribution in [0.3, 0.4) is 0 Å². The van der Waals surface area contributed by atoms with Gasteiger partial charge in [0.2, 0.25) is 5.95 Å². The fourth-order valence-corrected chi connectivity index (χ4v) is 1.89. The summed E-state index contributed by atoms with van der Waals surface area (Å²) in [6, 6.07) is 1.84. The van der Waals surface area contributed by atoms with E-state index < -0.39 is 0 Å². The molecule has 4 heteroatoms. The van der Waals surface area contributed by atoms with Crippen molar-refractivity contribution in [3.8, 4) is 0 Å². The molecule has 0 saturated carbocycles. The molecule has 0 radical (unpaired) electrons. The summed E-state index contributed by atoms with van der Waals surface area (Å²) >= 11 is 0. The maximum atomic E-state index is 5.68. The van der Waals surface area contributed by atoms with Gasteiger partial charge in [0, 0.05) is 25.5 Å². The van der Waals surface area contributed by atoms with E-state index >= 15 is 0 Å². The molecule has 14 heavy (non-hydrogen) atoms. The number of piperidine rings is 1. The predicted octanol–water partition coefficient (Wildman–Crippen LogP) is 0.652. The summed E-state index contributed by atoms with van der Waals surface area (Å²) in [5, 5.41) is 0. The van der Waals surface area contributed by atoms with Crippen molar-refractivity contribution < 1.29 is 0 Å². The van der Waals surface area contributed by atoms with Crippen LogP contribution in [0.2, 0.25) is 0 Å². The first-order valence-electron chi connectivity index (χ1n) is 5.12. The van der Waals surface area contributed by atoms with Gasteiger partial charge in [-0.3, -0.25) is 0 Å². The van der Waals surface area contributed by atoms with Gasteiger partial charge in [-0.25, -0.2) is 9.97 Å². The molecule has 0 unspecified atom stereocenters. The third kappa shape index (κ3) is 2.01. The minimum atomic E-state index is 0.604. The normalized spacial score (nSPS) is 22.4. The Bertz CT molecular complexity index is 275. The summed E-state index contributed by atoms with van der Waals surface area (Å²) in [6.07, 6.45) is 6.00. The first-order valence-corrected chi connectivity index (χ1v) is 5.12. The van der Waals surface area contributed by atoms with Gasteiger partial charge in [0.05, 0.1) is 0 Å². The molecule has 1 aromatic heterocycles. The van der Waals surface area contributed by atoms with Gasteiger partial charge in [-0.2, -0.15) is 0 Å². The van der Waals surface area contributed by atoms with E-state index in [1.807, 2.05) is 6.07 Å². The van der Waals surface area contributed by atoms with Crippen LogP contribution in [-0.2, 0) is 0 Å². The van der Waals surface area contributed by atoms with E-state index in [0.29, 0.717) is 5.92 Å². The third-order valence-electron chi connectivity index (χ3n) is 2.69. The fourth-order valence-electron chi connectivity index (χ4n) is 1.89. The Balaban J connectivity index is 2.04. The molecule has 1 fully saturated rings. The Hall–Kier alpha value is -1.16. The standard InChI is InChI=1S/C10H16N4/c11-7-9-3-1-6-14(8-9)10-12-4-2-5-13-10/h2,4-5,9H,1,3,6-8,11H2/t9-/m0/s1. The zero-order valence-corrected chi connectivity index (χ0v) is 8.26. The highest BCUT2D eigenvalue weighted by atomic mass is 15.2. The smallest absolute Gasteiger partial charge is 0.225 e. The van der Waals surface area contributed by atoms with Crippen LogP contribution >= 0.6 is 0 Å². The second-order valence-electron chi connectivity index (χ2n) is 3.74. The lowest BCUT2D eigenvalue weighted by molar-refractivity contribution is 0.419. The van der Waals surface area contributed by atoms with Gasteiger partial charge < -0.3 is 10.6 Å². The molecule has 0 spiro atoms. The van der Waals surface area contributed by atoms with E-state index in [-0.39, 0.29) is 0 Å². The molecule has 0 amide bonds. The molecule has 4 nitrogen and oxygen atoms in total. The highest BCUT2D eigenvalue weighted by Crippen LogP contribution is 2.18. The molecule has 0 aromatic carbocycles. The van der Waals surface area contributed by atoms with Gasteiger partial charge in [-0.15, -0.1) is 0 Å². The van der Waals surface area contributed by atoms with E-state index in [1.54, 1.807) is 12.4 Å². The predicted molar refractivity (Wildman–Crippen MR) is 56.0 cm³/mol. The highest BCUT2D eigenvalue weighted by molar-refractivity contribution is 5.29. The van der Waals surface area contributed by atoms with Gasteiger partial charge >= 0.3 is 0 Å². The number of hydrogen-bond acceptors (Lipinski definition) is 4. The Morgan fingerprint density at radius 2 is 2.21 bits per heavy atom. The van der Waals surface area contributed by atoms with E-state index in [0.717, 1.165) is 25.6 Å². The van der Waals surface area contributed by atoms with Crippen molar-refractivity contribution in [2.45, 2.75) is 12.8 Å².